The van der Waals surface area contributed by atoms with E-state index in [4.69, 9.17) is 9.57 Å². The molecule has 1 unspecified atom stereocenters. The van der Waals surface area contributed by atoms with Gasteiger partial charge in [0.25, 0.3) is 0 Å². The van der Waals surface area contributed by atoms with Gasteiger partial charge in [-0.1, -0.05) is 24.8 Å². The number of hydrogen-bond donors (Lipinski definition) is 1. The fraction of sp³-hybridized carbons (Fsp3) is 0.273. The van der Waals surface area contributed by atoms with E-state index in [0.29, 0.717) is 6.61 Å². The maximum absolute atomic E-state index is 5.52. The van der Waals surface area contributed by atoms with Crippen molar-refractivity contribution in [3.05, 3.63) is 42.0 Å². The second-order valence-electron chi connectivity index (χ2n) is 3.24. The maximum Gasteiger partial charge on any atom is 0.124 e. The average Bonchev–Trinajstić information content (AvgIpc) is 2.23. The number of benzene rings is 1. The zero-order chi connectivity index (χ0) is 9.97. The summed E-state index contributed by atoms with van der Waals surface area (Å²) >= 11 is 0. The largest absolute Gasteiger partial charge is 0.489 e. The molecule has 1 aromatic carbocycles. The highest BCUT2D eigenvalue weighted by Gasteiger charge is 2.23. The summed E-state index contributed by atoms with van der Waals surface area (Å²) in [6, 6.07) is 7.93. The minimum absolute atomic E-state index is 0.0324. The predicted molar refractivity (Wildman–Crippen MR) is 54.0 cm³/mol. The molecule has 0 bridgehead atoms. The van der Waals surface area contributed by atoms with Crippen molar-refractivity contribution in [1.82, 2.24) is 5.48 Å². The molecule has 1 heterocycles. The predicted octanol–water partition coefficient (Wildman–Crippen LogP) is 1.83. The molecule has 1 aliphatic heterocycles. The zero-order valence-corrected chi connectivity index (χ0v) is 8.12. The molecule has 14 heavy (non-hydrogen) atoms. The van der Waals surface area contributed by atoms with Gasteiger partial charge in [0.2, 0.25) is 0 Å². The van der Waals surface area contributed by atoms with Gasteiger partial charge >= 0.3 is 0 Å². The molecule has 0 radical (unpaired) electrons. The second-order valence-corrected chi connectivity index (χ2v) is 3.24. The van der Waals surface area contributed by atoms with Crippen molar-refractivity contribution in [2.24, 2.45) is 0 Å². The van der Waals surface area contributed by atoms with Crippen LogP contribution in [0, 0.1) is 0 Å². The molecule has 1 aliphatic rings. The Hall–Kier alpha value is -1.32. The third-order valence-electron chi connectivity index (χ3n) is 2.29. The average molecular weight is 191 g/mol. The number of fused-ring (bicyclic) bond motifs is 1. The molecule has 0 amide bonds. The van der Waals surface area contributed by atoms with Crippen molar-refractivity contribution >= 4 is 0 Å². The molecule has 0 aliphatic carbocycles. The Labute approximate surface area is 83.3 Å². The first kappa shape index (κ1) is 9.24. The van der Waals surface area contributed by atoms with E-state index in [9.17, 15) is 0 Å². The number of nitrogens with one attached hydrogen (secondary N) is 1. The fourth-order valence-electron chi connectivity index (χ4n) is 1.59. The van der Waals surface area contributed by atoms with Crippen molar-refractivity contribution in [2.45, 2.75) is 6.04 Å². The maximum atomic E-state index is 5.52. The molecule has 1 N–H and O–H groups in total. The van der Waals surface area contributed by atoms with E-state index in [1.165, 1.54) is 0 Å². The molecule has 0 spiro atoms. The van der Waals surface area contributed by atoms with Crippen molar-refractivity contribution in [2.75, 3.05) is 13.7 Å². The minimum Gasteiger partial charge on any atom is -0.489 e. The van der Waals surface area contributed by atoms with Gasteiger partial charge in [0, 0.05) is 5.56 Å². The smallest absolute Gasteiger partial charge is 0.124 e. The van der Waals surface area contributed by atoms with Crippen molar-refractivity contribution < 1.29 is 9.57 Å². The van der Waals surface area contributed by atoms with E-state index in [-0.39, 0.29) is 6.04 Å². The van der Waals surface area contributed by atoms with Gasteiger partial charge in [-0.2, -0.15) is 5.48 Å². The van der Waals surface area contributed by atoms with Crippen molar-refractivity contribution in [3.63, 3.8) is 0 Å². The van der Waals surface area contributed by atoms with Crippen LogP contribution >= 0.6 is 0 Å². The van der Waals surface area contributed by atoms with Crippen LogP contribution in [-0.2, 0) is 4.84 Å². The molecule has 0 fully saturated rings. The molecule has 0 saturated carbocycles. The summed E-state index contributed by atoms with van der Waals surface area (Å²) in [5.74, 6) is 0.898. The Balaban J connectivity index is 2.36. The first-order valence-corrected chi connectivity index (χ1v) is 4.51. The third-order valence-corrected chi connectivity index (χ3v) is 2.29. The molecule has 3 nitrogen and oxygen atoms in total. The molecule has 74 valence electrons. The van der Waals surface area contributed by atoms with Gasteiger partial charge in [0.15, 0.2) is 0 Å². The number of hydrogen-bond acceptors (Lipinski definition) is 3. The first-order valence-electron chi connectivity index (χ1n) is 4.51. The summed E-state index contributed by atoms with van der Waals surface area (Å²) in [7, 11) is 1.60. The topological polar surface area (TPSA) is 30.5 Å². The summed E-state index contributed by atoms with van der Waals surface area (Å²) in [4.78, 5) is 4.94. The Bertz CT molecular complexity index is 349. The van der Waals surface area contributed by atoms with Crippen LogP contribution in [0.3, 0.4) is 0 Å². The van der Waals surface area contributed by atoms with Crippen LogP contribution in [0.2, 0.25) is 0 Å². The van der Waals surface area contributed by atoms with Crippen LogP contribution in [0.4, 0.5) is 0 Å². The molecular formula is C11H13NO2. The van der Waals surface area contributed by atoms with E-state index in [0.717, 1.165) is 16.9 Å². The number of hydroxylamine groups is 1. The van der Waals surface area contributed by atoms with Crippen LogP contribution in [-0.4, -0.2) is 13.7 Å². The highest BCUT2D eigenvalue weighted by atomic mass is 16.6. The lowest BCUT2D eigenvalue weighted by Crippen LogP contribution is -2.28. The van der Waals surface area contributed by atoms with Gasteiger partial charge in [0.1, 0.15) is 12.4 Å². The quantitative estimate of drug-likeness (QED) is 0.571. The molecule has 3 heteroatoms. The van der Waals surface area contributed by atoms with Crippen molar-refractivity contribution in [1.29, 1.82) is 0 Å². The summed E-state index contributed by atoms with van der Waals surface area (Å²) in [6.07, 6.45) is 0. The van der Waals surface area contributed by atoms with Gasteiger partial charge < -0.3 is 9.57 Å². The molecule has 1 atom stereocenters. The minimum atomic E-state index is 0.0324. The molecule has 0 saturated heterocycles. The lowest BCUT2D eigenvalue weighted by atomic mass is 9.98. The van der Waals surface area contributed by atoms with E-state index in [1.807, 2.05) is 24.3 Å². The Morgan fingerprint density at radius 1 is 1.50 bits per heavy atom. The number of ether oxygens (including phenoxy) is 1. The van der Waals surface area contributed by atoms with Gasteiger partial charge in [0.05, 0.1) is 13.2 Å². The lowest BCUT2D eigenvalue weighted by molar-refractivity contribution is 0.0636. The molecule has 0 aromatic heterocycles. The van der Waals surface area contributed by atoms with E-state index in [1.54, 1.807) is 7.11 Å². The van der Waals surface area contributed by atoms with E-state index in [2.05, 4.69) is 12.1 Å². The fourth-order valence-corrected chi connectivity index (χ4v) is 1.59. The van der Waals surface area contributed by atoms with Gasteiger partial charge in [-0.3, -0.25) is 0 Å². The first-order chi connectivity index (χ1) is 6.83. The SMILES string of the molecule is C=C1COc2ccccc2C1NOC. The Morgan fingerprint density at radius 2 is 2.29 bits per heavy atom. The van der Waals surface area contributed by atoms with E-state index >= 15 is 0 Å². The normalized spacial score (nSPS) is 20.1. The zero-order valence-electron chi connectivity index (χ0n) is 8.12. The second kappa shape index (κ2) is 3.82. The summed E-state index contributed by atoms with van der Waals surface area (Å²) < 4.78 is 5.52. The Morgan fingerprint density at radius 3 is 3.07 bits per heavy atom. The van der Waals surface area contributed by atoms with Crippen LogP contribution in [0.25, 0.3) is 0 Å². The lowest BCUT2D eigenvalue weighted by Gasteiger charge is -2.27. The van der Waals surface area contributed by atoms with Gasteiger partial charge in [-0.15, -0.1) is 0 Å². The summed E-state index contributed by atoms with van der Waals surface area (Å²) in [6.45, 7) is 4.49. The molecule has 1 aromatic rings. The third kappa shape index (κ3) is 1.52. The van der Waals surface area contributed by atoms with E-state index < -0.39 is 0 Å². The summed E-state index contributed by atoms with van der Waals surface area (Å²) in [5, 5.41) is 0. The standard InChI is InChI=1S/C11H13NO2/c1-8-7-14-10-6-4-3-5-9(10)11(8)12-13-2/h3-6,11-12H,1,7H2,2H3. The van der Waals surface area contributed by atoms with Crippen LogP contribution in [0.15, 0.2) is 36.4 Å². The van der Waals surface area contributed by atoms with Gasteiger partial charge in [-0.05, 0) is 11.6 Å². The van der Waals surface area contributed by atoms with Crippen LogP contribution < -0.4 is 10.2 Å². The molecular weight excluding hydrogens is 178 g/mol. The Kier molecular flexibility index (Phi) is 2.52. The number of rotatable bonds is 2. The summed E-state index contributed by atoms with van der Waals surface area (Å²) in [5.41, 5.74) is 4.96. The van der Waals surface area contributed by atoms with Gasteiger partial charge in [-0.25, -0.2) is 0 Å². The molecule has 2 rings (SSSR count). The van der Waals surface area contributed by atoms with Crippen molar-refractivity contribution in [3.8, 4) is 5.75 Å². The highest BCUT2D eigenvalue weighted by molar-refractivity contribution is 5.42. The number of para-hydroxylation sites is 1. The highest BCUT2D eigenvalue weighted by Crippen LogP contribution is 2.33. The monoisotopic (exact) mass is 191 g/mol. The van der Waals surface area contributed by atoms with Crippen LogP contribution in [0.1, 0.15) is 11.6 Å². The van der Waals surface area contributed by atoms with Crippen LogP contribution in [0.5, 0.6) is 5.75 Å².